The van der Waals surface area contributed by atoms with E-state index in [1.165, 1.54) is 17.7 Å². The monoisotopic (exact) mass is 402 g/mol. The summed E-state index contributed by atoms with van der Waals surface area (Å²) in [5.74, 6) is 2.93. The molecule has 0 amide bonds. The van der Waals surface area contributed by atoms with Crippen LogP contribution in [0.3, 0.4) is 0 Å². The summed E-state index contributed by atoms with van der Waals surface area (Å²) in [4.78, 5) is 20.3. The number of anilines is 1. The minimum absolute atomic E-state index is 0.175. The SMILES string of the molecule is CC(C)Nc1nc(-c2ccccc2)nc2c1CCC21CCN(Cc2ncc[nH]2)CC1. The Bertz CT molecular complexity index is 988. The highest BCUT2D eigenvalue weighted by molar-refractivity contribution is 5.62. The lowest BCUT2D eigenvalue weighted by Crippen LogP contribution is -2.41. The van der Waals surface area contributed by atoms with Gasteiger partial charge in [0.05, 0.1) is 12.2 Å². The molecule has 3 heterocycles. The Labute approximate surface area is 178 Å². The van der Waals surface area contributed by atoms with Gasteiger partial charge in [0, 0.05) is 35.0 Å². The number of piperidine rings is 1. The van der Waals surface area contributed by atoms with Crippen LogP contribution in [0, 0.1) is 0 Å². The molecular weight excluding hydrogens is 372 g/mol. The highest BCUT2D eigenvalue weighted by Gasteiger charge is 2.44. The zero-order valence-electron chi connectivity index (χ0n) is 17.9. The molecule has 156 valence electrons. The largest absolute Gasteiger partial charge is 0.368 e. The fraction of sp³-hybridized carbons (Fsp3) is 0.458. The molecule has 2 aliphatic rings. The molecule has 2 N–H and O–H groups in total. The molecule has 1 saturated heterocycles. The molecule has 1 aliphatic carbocycles. The van der Waals surface area contributed by atoms with Gasteiger partial charge in [0.25, 0.3) is 0 Å². The Balaban J connectivity index is 1.46. The number of H-pyrrole nitrogens is 1. The van der Waals surface area contributed by atoms with Gasteiger partial charge in [-0.1, -0.05) is 30.3 Å². The summed E-state index contributed by atoms with van der Waals surface area (Å²) >= 11 is 0. The number of benzene rings is 1. The number of nitrogens with zero attached hydrogens (tertiary/aromatic N) is 4. The number of nitrogens with one attached hydrogen (secondary N) is 2. The number of hydrogen-bond donors (Lipinski definition) is 2. The average Bonchev–Trinajstić information content (AvgIpc) is 3.39. The van der Waals surface area contributed by atoms with E-state index in [1.54, 1.807) is 0 Å². The third-order valence-electron chi connectivity index (χ3n) is 6.56. The molecule has 5 rings (SSSR count). The van der Waals surface area contributed by atoms with Crippen molar-refractivity contribution in [3.63, 3.8) is 0 Å². The number of rotatable bonds is 5. The summed E-state index contributed by atoms with van der Waals surface area (Å²) in [7, 11) is 0. The van der Waals surface area contributed by atoms with E-state index in [0.29, 0.717) is 6.04 Å². The highest BCUT2D eigenvalue weighted by atomic mass is 15.2. The van der Waals surface area contributed by atoms with Crippen LogP contribution in [0.15, 0.2) is 42.7 Å². The second-order valence-corrected chi connectivity index (χ2v) is 8.98. The minimum atomic E-state index is 0.175. The average molecular weight is 403 g/mol. The Morgan fingerprint density at radius 3 is 2.60 bits per heavy atom. The molecule has 1 aliphatic heterocycles. The van der Waals surface area contributed by atoms with Crippen LogP contribution in [0.4, 0.5) is 5.82 Å². The van der Waals surface area contributed by atoms with Crippen LogP contribution >= 0.6 is 0 Å². The topological polar surface area (TPSA) is 69.7 Å². The first-order valence-electron chi connectivity index (χ1n) is 11.1. The van der Waals surface area contributed by atoms with Gasteiger partial charge in [0.2, 0.25) is 0 Å². The predicted molar refractivity (Wildman–Crippen MR) is 119 cm³/mol. The van der Waals surface area contributed by atoms with Gasteiger partial charge >= 0.3 is 0 Å². The van der Waals surface area contributed by atoms with E-state index >= 15 is 0 Å². The number of hydrogen-bond acceptors (Lipinski definition) is 5. The van der Waals surface area contributed by atoms with Gasteiger partial charge in [-0.3, -0.25) is 4.90 Å². The lowest BCUT2D eigenvalue weighted by molar-refractivity contribution is 0.147. The predicted octanol–water partition coefficient (Wildman–Crippen LogP) is 4.17. The zero-order chi connectivity index (χ0) is 20.6. The number of aromatic amines is 1. The van der Waals surface area contributed by atoms with E-state index in [1.807, 2.05) is 18.5 Å². The van der Waals surface area contributed by atoms with Crippen molar-refractivity contribution in [2.45, 2.75) is 57.5 Å². The first kappa shape index (κ1) is 19.2. The zero-order valence-corrected chi connectivity index (χ0v) is 17.9. The van der Waals surface area contributed by atoms with E-state index in [0.717, 1.165) is 61.9 Å². The number of likely N-dealkylation sites (tertiary alicyclic amines) is 1. The van der Waals surface area contributed by atoms with Crippen LogP contribution in [0.5, 0.6) is 0 Å². The van der Waals surface area contributed by atoms with Crippen LogP contribution in [-0.2, 0) is 18.4 Å². The maximum absolute atomic E-state index is 5.18. The van der Waals surface area contributed by atoms with Gasteiger partial charge in [-0.25, -0.2) is 15.0 Å². The Morgan fingerprint density at radius 1 is 1.10 bits per heavy atom. The molecule has 6 heteroatoms. The molecule has 1 fully saturated rings. The summed E-state index contributed by atoms with van der Waals surface area (Å²) in [6.45, 7) is 7.41. The van der Waals surface area contributed by atoms with Crippen LogP contribution in [0.1, 0.15) is 50.2 Å². The molecule has 0 bridgehead atoms. The number of fused-ring (bicyclic) bond motifs is 2. The Morgan fingerprint density at radius 2 is 1.90 bits per heavy atom. The van der Waals surface area contributed by atoms with Gasteiger partial charge < -0.3 is 10.3 Å². The molecule has 0 unspecified atom stereocenters. The van der Waals surface area contributed by atoms with Crippen molar-refractivity contribution in [1.29, 1.82) is 0 Å². The number of aromatic nitrogens is 4. The third kappa shape index (κ3) is 3.60. The lowest BCUT2D eigenvalue weighted by Gasteiger charge is -2.39. The Kier molecular flexibility index (Phi) is 5.03. The molecule has 0 atom stereocenters. The quantitative estimate of drug-likeness (QED) is 0.670. The molecule has 1 spiro atoms. The summed E-state index contributed by atoms with van der Waals surface area (Å²) in [5, 5.41) is 3.60. The molecule has 1 aromatic carbocycles. The first-order valence-corrected chi connectivity index (χ1v) is 11.1. The van der Waals surface area contributed by atoms with Gasteiger partial charge in [-0.15, -0.1) is 0 Å². The van der Waals surface area contributed by atoms with Crippen molar-refractivity contribution in [3.05, 3.63) is 59.8 Å². The van der Waals surface area contributed by atoms with Crippen LogP contribution in [0.2, 0.25) is 0 Å². The van der Waals surface area contributed by atoms with Crippen LogP contribution < -0.4 is 5.32 Å². The fourth-order valence-electron chi connectivity index (χ4n) is 4.97. The van der Waals surface area contributed by atoms with Crippen LogP contribution in [0.25, 0.3) is 11.4 Å². The van der Waals surface area contributed by atoms with Crippen molar-refractivity contribution < 1.29 is 0 Å². The molecule has 0 radical (unpaired) electrons. The van der Waals surface area contributed by atoms with Crippen molar-refractivity contribution in [2.75, 3.05) is 18.4 Å². The second kappa shape index (κ2) is 7.84. The van der Waals surface area contributed by atoms with Crippen molar-refractivity contribution in [1.82, 2.24) is 24.8 Å². The van der Waals surface area contributed by atoms with Crippen LogP contribution in [-0.4, -0.2) is 44.0 Å². The normalized spacial score (nSPS) is 18.1. The van der Waals surface area contributed by atoms with E-state index in [-0.39, 0.29) is 5.41 Å². The maximum atomic E-state index is 5.18. The van der Waals surface area contributed by atoms with Crippen molar-refractivity contribution in [2.24, 2.45) is 0 Å². The fourth-order valence-corrected chi connectivity index (χ4v) is 4.97. The van der Waals surface area contributed by atoms with E-state index in [9.17, 15) is 0 Å². The first-order chi connectivity index (χ1) is 14.6. The van der Waals surface area contributed by atoms with E-state index < -0.39 is 0 Å². The molecular formula is C24H30N6. The van der Waals surface area contributed by atoms with Gasteiger partial charge in [-0.05, 0) is 52.6 Å². The standard InChI is InChI=1S/C24H30N6/c1-17(2)27-23-19-8-9-24(10-14-30(15-11-24)16-20-25-12-13-26-20)21(19)28-22(29-23)18-6-4-3-5-7-18/h3-7,12-13,17H,8-11,14-16H2,1-2H3,(H,25,26)(H,27,28,29). The van der Waals surface area contributed by atoms with E-state index in [2.05, 4.69) is 58.3 Å². The third-order valence-corrected chi connectivity index (χ3v) is 6.56. The molecule has 3 aromatic rings. The molecule has 30 heavy (non-hydrogen) atoms. The highest BCUT2D eigenvalue weighted by Crippen LogP contribution is 2.47. The summed E-state index contributed by atoms with van der Waals surface area (Å²) in [6.07, 6.45) is 8.27. The summed E-state index contributed by atoms with van der Waals surface area (Å²) in [6, 6.07) is 10.7. The molecule has 0 saturated carbocycles. The van der Waals surface area contributed by atoms with E-state index in [4.69, 9.17) is 9.97 Å². The van der Waals surface area contributed by atoms with Crippen molar-refractivity contribution >= 4 is 5.82 Å². The Hall–Kier alpha value is -2.73. The smallest absolute Gasteiger partial charge is 0.161 e. The van der Waals surface area contributed by atoms with Crippen molar-refractivity contribution in [3.8, 4) is 11.4 Å². The maximum Gasteiger partial charge on any atom is 0.161 e. The van der Waals surface area contributed by atoms with Gasteiger partial charge in [0.15, 0.2) is 5.82 Å². The van der Waals surface area contributed by atoms with Gasteiger partial charge in [0.1, 0.15) is 11.6 Å². The summed E-state index contributed by atoms with van der Waals surface area (Å²) in [5.41, 5.74) is 3.89. The molecule has 6 nitrogen and oxygen atoms in total. The summed E-state index contributed by atoms with van der Waals surface area (Å²) < 4.78 is 0. The second-order valence-electron chi connectivity index (χ2n) is 8.98. The lowest BCUT2D eigenvalue weighted by atomic mass is 9.76. The minimum Gasteiger partial charge on any atom is -0.368 e. The molecule has 2 aromatic heterocycles. The number of imidazole rings is 1. The van der Waals surface area contributed by atoms with Gasteiger partial charge in [-0.2, -0.15) is 0 Å².